The Hall–Kier alpha value is -2.54. The monoisotopic (exact) mass is 248 g/mol. The van der Waals surface area contributed by atoms with Gasteiger partial charge < -0.3 is 10.2 Å². The fraction of sp³-hybridized carbons (Fsp3) is 0.0909. The molecule has 1 heterocycles. The van der Waals surface area contributed by atoms with E-state index < -0.39 is 6.09 Å². The predicted octanol–water partition coefficient (Wildman–Crippen LogP) is 0.959. The number of rotatable bonds is 4. The molecule has 0 saturated carbocycles. The van der Waals surface area contributed by atoms with Crippen molar-refractivity contribution in [2.24, 2.45) is 0 Å². The number of carbonyl (C=O) groups is 1. The number of para-hydroxylation sites is 1. The fourth-order valence-electron chi connectivity index (χ4n) is 1.48. The maximum absolute atomic E-state index is 10.4. The van der Waals surface area contributed by atoms with Gasteiger partial charge >= 0.3 is 6.09 Å². The zero-order valence-electron chi connectivity index (χ0n) is 9.37. The van der Waals surface area contributed by atoms with Crippen LogP contribution in [0.3, 0.4) is 0 Å². The third-order valence-corrected chi connectivity index (χ3v) is 2.22. The van der Waals surface area contributed by atoms with Gasteiger partial charge in [0, 0.05) is 6.07 Å². The lowest BCUT2D eigenvalue weighted by atomic mass is 10.3. The molecule has 1 amide bonds. The zero-order valence-corrected chi connectivity index (χ0v) is 9.37. The molecule has 0 saturated heterocycles. The molecule has 2 rings (SSSR count). The Morgan fingerprint density at radius 1 is 1.33 bits per heavy atom. The molecule has 7 nitrogen and oxygen atoms in total. The number of hydrazine groups is 1. The number of hydrogen-bond acceptors (Lipinski definition) is 4. The molecule has 0 aliphatic rings. The van der Waals surface area contributed by atoms with E-state index in [0.29, 0.717) is 11.5 Å². The maximum Gasteiger partial charge on any atom is 0.423 e. The first kappa shape index (κ1) is 11.9. The highest BCUT2D eigenvalue weighted by molar-refractivity contribution is 5.66. The first-order valence-electron chi connectivity index (χ1n) is 5.21. The second kappa shape index (κ2) is 5.19. The summed E-state index contributed by atoms with van der Waals surface area (Å²) < 4.78 is 1.50. The number of hydrogen-bond donors (Lipinski definition) is 4. The SMILES string of the molecule is O=C(O)NNc1cc(CO)nn1-c1ccccc1. The minimum atomic E-state index is -1.21. The van der Waals surface area contributed by atoms with Gasteiger partial charge in [-0.3, -0.25) is 5.43 Å². The van der Waals surface area contributed by atoms with Gasteiger partial charge in [0.05, 0.1) is 18.0 Å². The van der Waals surface area contributed by atoms with E-state index in [0.717, 1.165) is 5.69 Å². The fourth-order valence-corrected chi connectivity index (χ4v) is 1.48. The summed E-state index contributed by atoms with van der Waals surface area (Å²) in [5, 5.41) is 21.8. The molecule has 0 radical (unpaired) electrons. The molecular formula is C11H12N4O3. The molecular weight excluding hydrogens is 236 g/mol. The summed E-state index contributed by atoms with van der Waals surface area (Å²) in [6.45, 7) is -0.221. The topological polar surface area (TPSA) is 99.4 Å². The Kier molecular flexibility index (Phi) is 3.44. The van der Waals surface area contributed by atoms with Crippen molar-refractivity contribution >= 4 is 11.9 Å². The largest absolute Gasteiger partial charge is 0.464 e. The molecule has 18 heavy (non-hydrogen) atoms. The lowest BCUT2D eigenvalue weighted by molar-refractivity contribution is 0.197. The van der Waals surface area contributed by atoms with Crippen molar-refractivity contribution in [2.75, 3.05) is 5.43 Å². The van der Waals surface area contributed by atoms with E-state index in [2.05, 4.69) is 10.5 Å². The van der Waals surface area contributed by atoms with Crippen molar-refractivity contribution in [3.05, 3.63) is 42.1 Å². The van der Waals surface area contributed by atoms with Crippen LogP contribution in [0.4, 0.5) is 10.6 Å². The molecule has 0 aliphatic carbocycles. The molecule has 94 valence electrons. The van der Waals surface area contributed by atoms with Gasteiger partial charge in [0.15, 0.2) is 0 Å². The van der Waals surface area contributed by atoms with Gasteiger partial charge in [-0.25, -0.2) is 14.9 Å². The van der Waals surface area contributed by atoms with E-state index in [1.54, 1.807) is 6.07 Å². The highest BCUT2D eigenvalue weighted by Crippen LogP contribution is 2.16. The Bertz CT molecular complexity index is 538. The summed E-state index contributed by atoms with van der Waals surface area (Å²) in [7, 11) is 0. The third-order valence-electron chi connectivity index (χ3n) is 2.22. The van der Waals surface area contributed by atoms with Crippen LogP contribution in [0.5, 0.6) is 0 Å². The second-order valence-electron chi connectivity index (χ2n) is 3.48. The summed E-state index contributed by atoms with van der Waals surface area (Å²) in [6, 6.07) is 10.7. The lowest BCUT2D eigenvalue weighted by Crippen LogP contribution is -2.28. The summed E-state index contributed by atoms with van der Waals surface area (Å²) in [4.78, 5) is 10.4. The number of anilines is 1. The zero-order chi connectivity index (χ0) is 13.0. The molecule has 0 unspecified atom stereocenters. The van der Waals surface area contributed by atoms with Gasteiger partial charge in [0.1, 0.15) is 5.82 Å². The van der Waals surface area contributed by atoms with Crippen LogP contribution in [0, 0.1) is 0 Å². The number of nitrogens with one attached hydrogen (secondary N) is 2. The number of aromatic nitrogens is 2. The Labute approximate surface area is 103 Å². The van der Waals surface area contributed by atoms with E-state index >= 15 is 0 Å². The molecule has 4 N–H and O–H groups in total. The molecule has 0 bridgehead atoms. The van der Waals surface area contributed by atoms with Gasteiger partial charge in [-0.15, -0.1) is 0 Å². The normalized spacial score (nSPS) is 10.1. The summed E-state index contributed by atoms with van der Waals surface area (Å²) in [5.74, 6) is 0.424. The third kappa shape index (κ3) is 2.58. The number of aliphatic hydroxyl groups excluding tert-OH is 1. The van der Waals surface area contributed by atoms with E-state index in [1.807, 2.05) is 35.8 Å². The van der Waals surface area contributed by atoms with E-state index in [4.69, 9.17) is 10.2 Å². The van der Waals surface area contributed by atoms with Crippen LogP contribution in [-0.4, -0.2) is 26.1 Å². The molecule has 0 aliphatic heterocycles. The molecule has 2 aromatic rings. The number of carboxylic acid groups (broad SMARTS) is 1. The highest BCUT2D eigenvalue weighted by Gasteiger charge is 2.09. The Morgan fingerprint density at radius 3 is 2.67 bits per heavy atom. The Balaban J connectivity index is 2.33. The van der Waals surface area contributed by atoms with Crippen LogP contribution in [0.1, 0.15) is 5.69 Å². The average Bonchev–Trinajstić information content (AvgIpc) is 2.80. The van der Waals surface area contributed by atoms with Crippen LogP contribution >= 0.6 is 0 Å². The second-order valence-corrected chi connectivity index (χ2v) is 3.48. The smallest absolute Gasteiger partial charge is 0.423 e. The minimum Gasteiger partial charge on any atom is -0.464 e. The van der Waals surface area contributed by atoms with Crippen LogP contribution < -0.4 is 10.9 Å². The van der Waals surface area contributed by atoms with Crippen molar-refractivity contribution in [1.82, 2.24) is 15.2 Å². The van der Waals surface area contributed by atoms with Crippen LogP contribution in [0.2, 0.25) is 0 Å². The van der Waals surface area contributed by atoms with Crippen LogP contribution in [0.15, 0.2) is 36.4 Å². The molecule has 0 spiro atoms. The van der Waals surface area contributed by atoms with Crippen molar-refractivity contribution in [1.29, 1.82) is 0 Å². The molecule has 0 atom stereocenters. The van der Waals surface area contributed by atoms with Gasteiger partial charge in [-0.05, 0) is 12.1 Å². The molecule has 1 aromatic heterocycles. The van der Waals surface area contributed by atoms with Gasteiger partial charge in [-0.1, -0.05) is 18.2 Å². The number of aliphatic hydroxyl groups is 1. The maximum atomic E-state index is 10.4. The lowest BCUT2D eigenvalue weighted by Gasteiger charge is -2.08. The highest BCUT2D eigenvalue weighted by atomic mass is 16.4. The number of amides is 1. The van der Waals surface area contributed by atoms with Crippen molar-refractivity contribution in [2.45, 2.75) is 6.61 Å². The average molecular weight is 248 g/mol. The summed E-state index contributed by atoms with van der Waals surface area (Å²) >= 11 is 0. The van der Waals surface area contributed by atoms with E-state index in [1.165, 1.54) is 4.68 Å². The van der Waals surface area contributed by atoms with Crippen LogP contribution in [0.25, 0.3) is 5.69 Å². The minimum absolute atomic E-state index is 0.221. The number of nitrogens with zero attached hydrogens (tertiary/aromatic N) is 2. The van der Waals surface area contributed by atoms with Crippen molar-refractivity contribution < 1.29 is 15.0 Å². The quantitative estimate of drug-likeness (QED) is 0.604. The number of benzene rings is 1. The molecule has 1 aromatic carbocycles. The van der Waals surface area contributed by atoms with Gasteiger partial charge in [0.2, 0.25) is 0 Å². The Morgan fingerprint density at radius 2 is 2.06 bits per heavy atom. The van der Waals surface area contributed by atoms with E-state index in [-0.39, 0.29) is 6.61 Å². The molecule has 0 fully saturated rings. The standard InChI is InChI=1S/C11H12N4O3/c16-7-8-6-10(12-13-11(17)18)15(14-8)9-4-2-1-3-5-9/h1-6,12-13,16H,7H2,(H,17,18). The van der Waals surface area contributed by atoms with E-state index in [9.17, 15) is 4.79 Å². The van der Waals surface area contributed by atoms with Gasteiger partial charge in [0.25, 0.3) is 0 Å². The summed E-state index contributed by atoms with van der Waals surface area (Å²) in [5.41, 5.74) is 5.73. The van der Waals surface area contributed by atoms with Gasteiger partial charge in [-0.2, -0.15) is 5.10 Å². The molecule has 7 heteroatoms. The summed E-state index contributed by atoms with van der Waals surface area (Å²) in [6.07, 6.45) is -1.21. The van der Waals surface area contributed by atoms with Crippen molar-refractivity contribution in [3.8, 4) is 5.69 Å². The van der Waals surface area contributed by atoms with Crippen molar-refractivity contribution in [3.63, 3.8) is 0 Å². The predicted molar refractivity (Wildman–Crippen MR) is 64.3 cm³/mol. The van der Waals surface area contributed by atoms with Crippen LogP contribution in [-0.2, 0) is 6.61 Å². The first-order valence-corrected chi connectivity index (χ1v) is 5.21. The first-order chi connectivity index (χ1) is 8.70.